The highest BCUT2D eigenvalue weighted by molar-refractivity contribution is 7.89. The van der Waals surface area contributed by atoms with E-state index in [1.165, 1.54) is 17.7 Å². The summed E-state index contributed by atoms with van der Waals surface area (Å²) in [6.07, 6.45) is 7.25. The van der Waals surface area contributed by atoms with Gasteiger partial charge < -0.3 is 64.5 Å². The van der Waals surface area contributed by atoms with E-state index in [9.17, 15) is 51.8 Å². The zero-order chi connectivity index (χ0) is 89.0. The third-order valence-electron chi connectivity index (χ3n) is 25.4. The minimum atomic E-state index is -3.91. The third kappa shape index (κ3) is 20.7. The Kier molecular flexibility index (Phi) is 28.7. The average Bonchev–Trinajstić information content (AvgIpc) is 0.789. The van der Waals surface area contributed by atoms with E-state index >= 15 is 0 Å². The van der Waals surface area contributed by atoms with Crippen LogP contribution in [0.3, 0.4) is 0 Å². The average molecular weight is 1730 g/mol. The van der Waals surface area contributed by atoms with Gasteiger partial charge in [0.2, 0.25) is 20.0 Å². The minimum Gasteiger partial charge on any atom is -0.382 e. The molecule has 4 amide bonds. The first-order valence-corrected chi connectivity index (χ1v) is 46.0. The number of benzene rings is 8. The molecule has 1 aromatic heterocycles. The van der Waals surface area contributed by atoms with Gasteiger partial charge in [-0.25, -0.2) is 32.1 Å². The Morgan fingerprint density at radius 3 is 1.13 bits per heavy atom. The van der Waals surface area contributed by atoms with Crippen LogP contribution in [0.2, 0.25) is 0 Å². The molecule has 0 aliphatic carbocycles. The molecule has 15 rings (SSSR count). The summed E-state index contributed by atoms with van der Waals surface area (Å²) >= 11 is 0. The molecule has 27 nitrogen and oxygen atoms in total. The first-order valence-electron chi connectivity index (χ1n) is 42.9. The molecule has 6 saturated heterocycles. The number of nitrogens with one attached hydrogen (secondary N) is 2. The number of hydrogen-bond acceptors (Lipinski definition) is 21. The van der Waals surface area contributed by atoms with Crippen LogP contribution in [0.25, 0.3) is 0 Å². The quantitative estimate of drug-likeness (QED) is 0.0620. The van der Waals surface area contributed by atoms with Gasteiger partial charge in [0.1, 0.15) is 33.8 Å². The predicted molar refractivity (Wildman–Crippen MR) is 495 cm³/mol. The fourth-order valence-corrected chi connectivity index (χ4v) is 19.8. The van der Waals surface area contributed by atoms with Crippen LogP contribution in [0.15, 0.2) is 186 Å². The highest BCUT2D eigenvalue weighted by Crippen LogP contribution is 2.37. The van der Waals surface area contributed by atoms with Gasteiger partial charge >= 0.3 is 0 Å². The number of rotatable bonds is 18. The Morgan fingerprint density at radius 2 is 0.720 bits per heavy atom. The van der Waals surface area contributed by atoms with Crippen molar-refractivity contribution in [2.24, 2.45) is 10.3 Å². The molecule has 0 bridgehead atoms. The number of aromatic nitrogens is 1. The van der Waals surface area contributed by atoms with Gasteiger partial charge in [0.25, 0.3) is 23.6 Å². The van der Waals surface area contributed by atoms with Crippen LogP contribution >= 0.6 is 0 Å². The van der Waals surface area contributed by atoms with Crippen molar-refractivity contribution < 1.29 is 36.0 Å². The Morgan fingerprint density at radius 1 is 0.384 bits per heavy atom. The number of sulfonamides is 2. The number of nitrogens with zero attached hydrogens (tertiary/aromatic N) is 15. The van der Waals surface area contributed by atoms with Gasteiger partial charge in [-0.3, -0.25) is 19.2 Å². The summed E-state index contributed by atoms with van der Waals surface area (Å²) in [6.45, 7) is 23.8. The largest absolute Gasteiger partial charge is 0.382 e. The summed E-state index contributed by atoms with van der Waals surface area (Å²) in [7, 11) is -1.87. The van der Waals surface area contributed by atoms with Crippen molar-refractivity contribution in [3.8, 4) is 18.2 Å². The lowest BCUT2D eigenvalue weighted by Crippen LogP contribution is -2.49. The highest BCUT2D eigenvalue weighted by atomic mass is 32.2. The van der Waals surface area contributed by atoms with Crippen molar-refractivity contribution in [2.45, 2.75) is 108 Å². The van der Waals surface area contributed by atoms with Crippen LogP contribution < -0.4 is 60.1 Å². The van der Waals surface area contributed by atoms with Gasteiger partial charge in [0.05, 0.1) is 45.0 Å². The summed E-state index contributed by atoms with van der Waals surface area (Å²) in [5.41, 5.74) is 18.7. The van der Waals surface area contributed by atoms with E-state index < -0.39 is 20.0 Å². The number of amides is 4. The zero-order valence-corrected chi connectivity index (χ0v) is 74.5. The number of aryl methyl sites for hydroxylation is 6. The number of primary sulfonamides is 2. The molecular weight excluding hydrogens is 1610 g/mol. The fraction of sp³-hybridized carbons (Fsp3) is 0.375. The molecule has 6 aliphatic rings. The fourth-order valence-electron chi connectivity index (χ4n) is 18.3. The van der Waals surface area contributed by atoms with Crippen LogP contribution in [-0.4, -0.2) is 217 Å². The summed E-state index contributed by atoms with van der Waals surface area (Å²) in [5, 5.41) is 45.8. The standard InChI is InChI=1S/C34H40N6O2.C32H38N6O3S.C30H35N7O3S/c1-24-21-25(2)32(37(4)27-13-15-38(16-14-27)30-11-7-5-9-26(30)23-35)22-29(24)34(42)40-19-17-39(18-20-40)31-12-8-6-10-28(31)33(41)36-3;1-23-20-24(2)30(35(3)26-12-14-36(15-13-26)28-9-5-4-8-25(28)22-33)21-27(23)32(39)38-18-16-37(17-19-38)29-10-6-7-11-31(29)42(34,40)41;1-21-18-22(2)26(34-24-9-12-35(13-10-24)27-7-4-3-6-23(27)20-31)19-25(21)30(38)37-16-14-36(15-17-37)29-28(41(32,39)40)8-5-11-33-29/h5-12,21-22,27H,13-20H2,1-4H3,(H,36,41);4-11,20-21,26H,12-19H2,1-3H3,(H2,34,40,41);3-8,11,18-19,24,34H,9-10,12-17H2,1-2H3,(H2,32,39,40). The smallest absolute Gasteiger partial charge is 0.254 e. The van der Waals surface area contributed by atoms with Crippen molar-refractivity contribution in [1.82, 2.24) is 25.0 Å². The summed E-state index contributed by atoms with van der Waals surface area (Å²) in [5.74, 6) is 0.227. The number of nitrogens with two attached hydrogens (primary N) is 2. The maximum absolute atomic E-state index is 13.8. The molecule has 6 fully saturated rings. The molecule has 6 aliphatic heterocycles. The number of carbonyl (C=O) groups excluding carboxylic acids is 4. The number of anilines is 9. The predicted octanol–water partition coefficient (Wildman–Crippen LogP) is 11.8. The second-order valence-electron chi connectivity index (χ2n) is 33.2. The van der Waals surface area contributed by atoms with Crippen LogP contribution in [-0.2, 0) is 20.0 Å². The Labute approximate surface area is 735 Å². The maximum atomic E-state index is 13.8. The van der Waals surface area contributed by atoms with Crippen molar-refractivity contribution >= 4 is 95.0 Å². The van der Waals surface area contributed by atoms with E-state index in [0.29, 0.717) is 130 Å². The third-order valence-corrected chi connectivity index (χ3v) is 27.3. The topological polar surface area (TPSA) is 333 Å². The minimum absolute atomic E-state index is 0.00928. The molecule has 125 heavy (non-hydrogen) atoms. The van der Waals surface area contributed by atoms with Crippen molar-refractivity contribution in [1.29, 1.82) is 15.8 Å². The monoisotopic (exact) mass is 1720 g/mol. The molecule has 9 aromatic rings. The van der Waals surface area contributed by atoms with Gasteiger partial charge in [-0.05, 0) is 204 Å². The molecule has 0 radical (unpaired) electrons. The molecule has 29 heteroatoms. The molecular formula is C96H113N19O8S2. The summed E-state index contributed by atoms with van der Waals surface area (Å²) in [6, 6.07) is 60.9. The number of carbonyl (C=O) groups is 4. The Bertz CT molecular complexity index is 5820. The molecule has 0 unspecified atom stereocenters. The van der Waals surface area contributed by atoms with E-state index in [4.69, 9.17) is 10.3 Å². The van der Waals surface area contributed by atoms with Gasteiger partial charge in [0, 0.05) is 203 Å². The molecule has 0 spiro atoms. The summed E-state index contributed by atoms with van der Waals surface area (Å²) in [4.78, 5) is 81.1. The van der Waals surface area contributed by atoms with E-state index in [1.807, 2.05) is 154 Å². The van der Waals surface area contributed by atoms with Crippen molar-refractivity contribution in [3.05, 3.63) is 248 Å². The van der Waals surface area contributed by atoms with Gasteiger partial charge in [0.15, 0.2) is 0 Å². The molecule has 7 heterocycles. The number of hydrogen-bond donors (Lipinski definition) is 4. The zero-order valence-electron chi connectivity index (χ0n) is 72.9. The molecule has 0 atom stereocenters. The van der Waals surface area contributed by atoms with E-state index in [-0.39, 0.29) is 39.5 Å². The lowest BCUT2D eigenvalue weighted by molar-refractivity contribution is 0.0738. The van der Waals surface area contributed by atoms with Crippen LogP contribution in [0.5, 0.6) is 0 Å². The van der Waals surface area contributed by atoms with Gasteiger partial charge in [-0.15, -0.1) is 0 Å². The molecule has 8 aromatic carbocycles. The number of pyridine rings is 1. The van der Waals surface area contributed by atoms with E-state index in [1.54, 1.807) is 37.5 Å². The number of para-hydroxylation sites is 5. The lowest BCUT2D eigenvalue weighted by atomic mass is 9.97. The molecule has 0 saturated carbocycles. The Balaban J connectivity index is 0.000000161. The van der Waals surface area contributed by atoms with Crippen LogP contribution in [0.4, 0.5) is 51.3 Å². The van der Waals surface area contributed by atoms with E-state index in [0.717, 1.165) is 157 Å². The maximum Gasteiger partial charge on any atom is 0.254 e. The van der Waals surface area contributed by atoms with Gasteiger partial charge in [-0.2, -0.15) is 15.8 Å². The van der Waals surface area contributed by atoms with Crippen LogP contribution in [0, 0.1) is 75.5 Å². The highest BCUT2D eigenvalue weighted by Gasteiger charge is 2.35. The number of nitriles is 3. The SMILES string of the molecule is CNC(=O)c1ccccc1N1CCN(C(=O)c2cc(N(C)C3CCN(c4ccccc4C#N)CC3)c(C)cc2C)CC1.Cc1cc(C)c(C(=O)N2CCN(c3ncccc3S(N)(=O)=O)CC2)cc1NC1CCN(c2ccccc2C#N)CC1.Cc1cc(C)c(N(C)C2CCN(c3ccccc3C#N)CC2)cc1C(=O)N1CCN(c2ccccc2S(N)(=O)=O)CC1. The normalized spacial score (nSPS) is 16.1. The second kappa shape index (κ2) is 39.9. The van der Waals surface area contributed by atoms with Crippen molar-refractivity contribution in [2.75, 3.05) is 183 Å². The number of piperazine rings is 3. The van der Waals surface area contributed by atoms with Gasteiger partial charge in [-0.1, -0.05) is 78.9 Å². The molecule has 6 N–H and O–H groups in total. The Hall–Kier alpha value is -12.7. The summed E-state index contributed by atoms with van der Waals surface area (Å²) < 4.78 is 48.2. The second-order valence-corrected chi connectivity index (χ2v) is 36.2. The van der Waals surface area contributed by atoms with Crippen molar-refractivity contribution in [3.63, 3.8) is 0 Å². The van der Waals surface area contributed by atoms with Crippen LogP contribution in [0.1, 0.15) is 130 Å². The number of piperidine rings is 3. The first-order chi connectivity index (χ1) is 60.0. The lowest BCUT2D eigenvalue weighted by Gasteiger charge is -2.40. The van der Waals surface area contributed by atoms with E-state index in [2.05, 4.69) is 122 Å². The molecule has 652 valence electrons. The first kappa shape index (κ1) is 90.0.